The largest absolute Gasteiger partial charge is 0.493 e. The van der Waals surface area contributed by atoms with Crippen LogP contribution in [-0.4, -0.2) is 26.9 Å². The lowest BCUT2D eigenvalue weighted by atomic mass is 10.2. The molecule has 0 aliphatic heterocycles. The number of rotatable bonds is 9. The van der Waals surface area contributed by atoms with Gasteiger partial charge in [0.2, 0.25) is 0 Å². The van der Waals surface area contributed by atoms with Gasteiger partial charge in [0.05, 0.1) is 13.2 Å². The van der Waals surface area contributed by atoms with Crippen molar-refractivity contribution in [2.45, 2.75) is 26.3 Å². The van der Waals surface area contributed by atoms with Crippen molar-refractivity contribution >= 4 is 11.6 Å². The second-order valence-electron chi connectivity index (χ2n) is 4.12. The molecule has 0 heterocycles. The molecule has 0 atom stereocenters. The first-order chi connectivity index (χ1) is 8.77. The highest BCUT2D eigenvalue weighted by Crippen LogP contribution is 2.23. The zero-order chi connectivity index (χ0) is 13.2. The Balaban J connectivity index is 2.53. The van der Waals surface area contributed by atoms with E-state index >= 15 is 0 Å². The maximum absolute atomic E-state index is 6.01. The molecular weight excluding hydrogens is 250 g/mol. The Morgan fingerprint density at radius 1 is 1.28 bits per heavy atom. The predicted octanol–water partition coefficient (Wildman–Crippen LogP) is 3.25. The molecule has 0 unspecified atom stereocenters. The van der Waals surface area contributed by atoms with Crippen molar-refractivity contribution in [2.75, 3.05) is 26.9 Å². The van der Waals surface area contributed by atoms with E-state index in [4.69, 9.17) is 21.1 Å². The summed E-state index contributed by atoms with van der Waals surface area (Å²) in [5.41, 5.74) is 1.09. The van der Waals surface area contributed by atoms with Gasteiger partial charge in [0.1, 0.15) is 5.75 Å². The molecule has 1 N–H and O–H groups in total. The molecule has 0 saturated carbocycles. The van der Waals surface area contributed by atoms with E-state index in [2.05, 4.69) is 12.2 Å². The van der Waals surface area contributed by atoms with Crippen molar-refractivity contribution in [2.24, 2.45) is 0 Å². The molecule has 4 heteroatoms. The topological polar surface area (TPSA) is 30.5 Å². The normalized spacial score (nSPS) is 10.6. The molecule has 0 saturated heterocycles. The Morgan fingerprint density at radius 3 is 2.83 bits per heavy atom. The Labute approximate surface area is 114 Å². The summed E-state index contributed by atoms with van der Waals surface area (Å²) in [5, 5.41) is 4.03. The molecule has 0 amide bonds. The van der Waals surface area contributed by atoms with Gasteiger partial charge in [-0.05, 0) is 24.6 Å². The summed E-state index contributed by atoms with van der Waals surface area (Å²) in [6.45, 7) is 5.16. The molecule has 18 heavy (non-hydrogen) atoms. The molecule has 3 nitrogen and oxygen atoms in total. The number of halogens is 1. The van der Waals surface area contributed by atoms with Crippen molar-refractivity contribution in [1.29, 1.82) is 0 Å². The maximum atomic E-state index is 6.01. The minimum Gasteiger partial charge on any atom is -0.493 e. The fourth-order valence-electron chi connectivity index (χ4n) is 1.55. The van der Waals surface area contributed by atoms with E-state index in [0.29, 0.717) is 6.61 Å². The van der Waals surface area contributed by atoms with Crippen LogP contribution in [0.15, 0.2) is 18.2 Å². The molecule has 0 spiro atoms. The molecule has 0 bridgehead atoms. The van der Waals surface area contributed by atoms with E-state index in [9.17, 15) is 0 Å². The van der Waals surface area contributed by atoms with Crippen LogP contribution < -0.4 is 10.1 Å². The lowest BCUT2D eigenvalue weighted by molar-refractivity contribution is 0.199. The number of hydrogen-bond donors (Lipinski definition) is 1. The van der Waals surface area contributed by atoms with Crippen LogP contribution in [0.4, 0.5) is 0 Å². The maximum Gasteiger partial charge on any atom is 0.123 e. The summed E-state index contributed by atoms with van der Waals surface area (Å²) < 4.78 is 10.8. The zero-order valence-electron chi connectivity index (χ0n) is 11.2. The van der Waals surface area contributed by atoms with Crippen LogP contribution in [0.25, 0.3) is 0 Å². The van der Waals surface area contributed by atoms with Gasteiger partial charge >= 0.3 is 0 Å². The number of methoxy groups -OCH3 is 1. The van der Waals surface area contributed by atoms with Gasteiger partial charge in [0.25, 0.3) is 0 Å². The second kappa shape index (κ2) is 9.20. The number of ether oxygens (including phenoxy) is 2. The van der Waals surface area contributed by atoms with Crippen molar-refractivity contribution in [3.63, 3.8) is 0 Å². The average molecular weight is 272 g/mol. The number of nitrogens with one attached hydrogen (secondary N) is 1. The van der Waals surface area contributed by atoms with E-state index < -0.39 is 0 Å². The molecule has 0 radical (unpaired) electrons. The van der Waals surface area contributed by atoms with Gasteiger partial charge < -0.3 is 14.8 Å². The Bertz CT molecular complexity index is 345. The highest BCUT2D eigenvalue weighted by atomic mass is 35.5. The summed E-state index contributed by atoms with van der Waals surface area (Å²) in [7, 11) is 1.69. The molecule has 1 aromatic carbocycles. The minimum atomic E-state index is 0.701. The lowest BCUT2D eigenvalue weighted by Gasteiger charge is -2.12. The van der Waals surface area contributed by atoms with Crippen LogP contribution in [0.2, 0.25) is 5.02 Å². The summed E-state index contributed by atoms with van der Waals surface area (Å²) in [6, 6.07) is 5.75. The van der Waals surface area contributed by atoms with Gasteiger partial charge in [-0.3, -0.25) is 0 Å². The van der Waals surface area contributed by atoms with Crippen molar-refractivity contribution in [3.8, 4) is 5.75 Å². The quantitative estimate of drug-likeness (QED) is 0.700. The summed E-state index contributed by atoms with van der Waals surface area (Å²) in [5.74, 6) is 0.915. The van der Waals surface area contributed by atoms with Crippen LogP contribution in [-0.2, 0) is 11.3 Å². The van der Waals surface area contributed by atoms with E-state index in [0.717, 1.165) is 48.9 Å². The van der Waals surface area contributed by atoms with E-state index in [1.165, 1.54) is 0 Å². The fourth-order valence-corrected chi connectivity index (χ4v) is 1.75. The Hall–Kier alpha value is -0.770. The van der Waals surface area contributed by atoms with E-state index in [1.54, 1.807) is 7.11 Å². The van der Waals surface area contributed by atoms with Gasteiger partial charge in [-0.25, -0.2) is 0 Å². The van der Waals surface area contributed by atoms with Crippen molar-refractivity contribution in [3.05, 3.63) is 28.8 Å². The average Bonchev–Trinajstić information content (AvgIpc) is 2.37. The van der Waals surface area contributed by atoms with Gasteiger partial charge in [-0.15, -0.1) is 0 Å². The van der Waals surface area contributed by atoms with Gasteiger partial charge in [0, 0.05) is 30.8 Å². The monoisotopic (exact) mass is 271 g/mol. The molecular formula is C14H22ClNO2. The smallest absolute Gasteiger partial charge is 0.123 e. The van der Waals surface area contributed by atoms with Crippen LogP contribution >= 0.6 is 11.6 Å². The number of benzene rings is 1. The highest BCUT2D eigenvalue weighted by molar-refractivity contribution is 6.30. The summed E-state index contributed by atoms with van der Waals surface area (Å²) in [4.78, 5) is 0. The van der Waals surface area contributed by atoms with Crippen LogP contribution in [0.1, 0.15) is 25.3 Å². The fraction of sp³-hybridized carbons (Fsp3) is 0.571. The van der Waals surface area contributed by atoms with E-state index in [1.807, 2.05) is 18.2 Å². The standard InChI is InChI=1S/C14H22ClNO2/c1-3-4-8-18-14-6-5-13(15)10-12(14)11-16-7-9-17-2/h5-6,10,16H,3-4,7-9,11H2,1-2H3. The molecule has 0 aliphatic carbocycles. The van der Waals surface area contributed by atoms with Crippen molar-refractivity contribution in [1.82, 2.24) is 5.32 Å². The van der Waals surface area contributed by atoms with Crippen LogP contribution in [0, 0.1) is 0 Å². The first-order valence-electron chi connectivity index (χ1n) is 6.38. The molecule has 0 fully saturated rings. The molecule has 0 aliphatic rings. The van der Waals surface area contributed by atoms with Gasteiger partial charge in [0.15, 0.2) is 0 Å². The van der Waals surface area contributed by atoms with Crippen LogP contribution in [0.3, 0.4) is 0 Å². The first-order valence-corrected chi connectivity index (χ1v) is 6.76. The SMILES string of the molecule is CCCCOc1ccc(Cl)cc1CNCCOC. The van der Waals surface area contributed by atoms with Gasteiger partial charge in [-0.2, -0.15) is 0 Å². The Kier molecular flexibility index (Phi) is 7.81. The molecule has 1 rings (SSSR count). The lowest BCUT2D eigenvalue weighted by Crippen LogP contribution is -2.19. The van der Waals surface area contributed by atoms with Crippen molar-refractivity contribution < 1.29 is 9.47 Å². The van der Waals surface area contributed by atoms with Crippen LogP contribution in [0.5, 0.6) is 5.75 Å². The summed E-state index contributed by atoms with van der Waals surface area (Å²) >= 11 is 6.01. The first kappa shape index (κ1) is 15.3. The predicted molar refractivity (Wildman–Crippen MR) is 75.4 cm³/mol. The Morgan fingerprint density at radius 2 is 2.11 bits per heavy atom. The molecule has 0 aromatic heterocycles. The minimum absolute atomic E-state index is 0.701. The summed E-state index contributed by atoms with van der Waals surface area (Å²) in [6.07, 6.45) is 2.20. The zero-order valence-corrected chi connectivity index (χ0v) is 11.9. The third-order valence-corrected chi connectivity index (χ3v) is 2.81. The number of hydrogen-bond acceptors (Lipinski definition) is 3. The molecule has 102 valence electrons. The highest BCUT2D eigenvalue weighted by Gasteiger charge is 2.04. The van der Waals surface area contributed by atoms with E-state index in [-0.39, 0.29) is 0 Å². The third-order valence-electron chi connectivity index (χ3n) is 2.58. The molecule has 1 aromatic rings. The van der Waals surface area contributed by atoms with Gasteiger partial charge in [-0.1, -0.05) is 24.9 Å². The number of unbranched alkanes of at least 4 members (excludes halogenated alkanes) is 1. The third kappa shape index (κ3) is 5.71. The second-order valence-corrected chi connectivity index (χ2v) is 4.56.